The summed E-state index contributed by atoms with van der Waals surface area (Å²) in [5.41, 5.74) is 2.56. The fraction of sp³-hybridized carbons (Fsp3) is 0.346. The first-order chi connectivity index (χ1) is 17.8. The van der Waals surface area contributed by atoms with Crippen molar-refractivity contribution in [3.63, 3.8) is 0 Å². The van der Waals surface area contributed by atoms with Crippen LogP contribution in [0.25, 0.3) is 17.1 Å². The van der Waals surface area contributed by atoms with E-state index in [4.69, 9.17) is 14.6 Å². The number of para-hydroxylation sites is 1. The Labute approximate surface area is 221 Å². The van der Waals surface area contributed by atoms with Crippen molar-refractivity contribution in [2.24, 2.45) is 0 Å². The molecule has 1 aromatic carbocycles. The minimum atomic E-state index is -0.167. The molecule has 37 heavy (non-hydrogen) atoms. The van der Waals surface area contributed by atoms with E-state index in [-0.39, 0.29) is 11.4 Å². The maximum Gasteiger partial charge on any atom is 0.239 e. The van der Waals surface area contributed by atoms with E-state index < -0.39 is 0 Å². The van der Waals surface area contributed by atoms with Gasteiger partial charge >= 0.3 is 0 Å². The van der Waals surface area contributed by atoms with Gasteiger partial charge in [-0.3, -0.25) is 14.3 Å². The molecule has 0 aliphatic rings. The van der Waals surface area contributed by atoms with Gasteiger partial charge in [0.1, 0.15) is 23.0 Å². The third-order valence-electron chi connectivity index (χ3n) is 4.86. The van der Waals surface area contributed by atoms with Crippen LogP contribution in [-0.4, -0.2) is 60.4 Å². The highest BCUT2D eigenvalue weighted by Gasteiger charge is 2.23. The lowest BCUT2D eigenvalue weighted by Crippen LogP contribution is -2.11. The van der Waals surface area contributed by atoms with Crippen LogP contribution in [-0.2, 0) is 6.42 Å². The van der Waals surface area contributed by atoms with Crippen molar-refractivity contribution in [3.05, 3.63) is 66.5 Å². The summed E-state index contributed by atoms with van der Waals surface area (Å²) in [6.45, 7) is 7.52. The first kappa shape index (κ1) is 27.9. The summed E-state index contributed by atoms with van der Waals surface area (Å²) in [5, 5.41) is 17.1. The normalized spacial score (nSPS) is 11.5. The monoisotopic (exact) mass is 523 g/mol. The number of benzene rings is 1. The Balaban J connectivity index is 0.000000886. The van der Waals surface area contributed by atoms with Crippen molar-refractivity contribution in [1.82, 2.24) is 29.7 Å². The van der Waals surface area contributed by atoms with Crippen molar-refractivity contribution in [2.75, 3.05) is 18.9 Å². The summed E-state index contributed by atoms with van der Waals surface area (Å²) in [7, 11) is 3.25. The van der Waals surface area contributed by atoms with Gasteiger partial charge in [0.25, 0.3) is 0 Å². The third kappa shape index (κ3) is 7.64. The van der Waals surface area contributed by atoms with E-state index in [2.05, 4.69) is 36.8 Å². The summed E-state index contributed by atoms with van der Waals surface area (Å²) < 4.78 is 16.5. The molecule has 0 saturated heterocycles. The van der Waals surface area contributed by atoms with E-state index in [0.29, 0.717) is 35.4 Å². The maximum absolute atomic E-state index is 8.06. The predicted octanol–water partition coefficient (Wildman–Crippen LogP) is 4.52. The van der Waals surface area contributed by atoms with Crippen LogP contribution in [0.3, 0.4) is 0 Å². The molecule has 0 aliphatic heterocycles. The molecule has 11 heteroatoms. The van der Waals surface area contributed by atoms with E-state index >= 15 is 0 Å². The van der Waals surface area contributed by atoms with Gasteiger partial charge in [0.15, 0.2) is 5.82 Å². The standard InChI is InChI=1S/C23H25N7O2S.C3H8O/c1-15-12-25-20(26-13-15)11-16(2)33-29-23-28-27-22(17-7-6-10-24-14-17)30(23)21-18(31-3)8-5-9-19(21)32-4;1-3(2)4/h5-10,12-14,16H,11H2,1-4H3,(H,28,29);3-4H,1-2H3. The number of nitrogens with zero attached hydrogens (tertiary/aromatic N) is 6. The smallest absolute Gasteiger partial charge is 0.239 e. The number of hydrogen-bond donors (Lipinski definition) is 2. The first-order valence-electron chi connectivity index (χ1n) is 11.8. The van der Waals surface area contributed by atoms with E-state index in [1.807, 2.05) is 54.2 Å². The zero-order valence-electron chi connectivity index (χ0n) is 21.9. The lowest BCUT2D eigenvalue weighted by molar-refractivity contribution is 0.216. The highest BCUT2D eigenvalue weighted by molar-refractivity contribution is 8.01. The summed E-state index contributed by atoms with van der Waals surface area (Å²) >= 11 is 1.52. The van der Waals surface area contributed by atoms with Crippen LogP contribution < -0.4 is 14.2 Å². The van der Waals surface area contributed by atoms with Crippen LogP contribution in [0.15, 0.2) is 55.1 Å². The first-order valence-corrected chi connectivity index (χ1v) is 12.7. The SMILES string of the molecule is CC(C)O.COc1cccc(OC)c1-n1c(NSC(C)Cc2ncc(C)cn2)nnc1-c1cccnc1. The fourth-order valence-corrected chi connectivity index (χ4v) is 3.94. The van der Waals surface area contributed by atoms with E-state index in [1.165, 1.54) is 11.9 Å². The molecule has 196 valence electrons. The number of anilines is 1. The molecule has 0 amide bonds. The van der Waals surface area contributed by atoms with Crippen molar-refractivity contribution in [1.29, 1.82) is 0 Å². The van der Waals surface area contributed by atoms with Crippen LogP contribution >= 0.6 is 11.9 Å². The lowest BCUT2D eigenvalue weighted by atomic mass is 10.2. The molecule has 0 fully saturated rings. The number of pyridine rings is 1. The summed E-state index contributed by atoms with van der Waals surface area (Å²) in [5.74, 6) is 3.22. The molecular formula is C26H33N7O3S. The molecular weight excluding hydrogens is 490 g/mol. The van der Waals surface area contributed by atoms with Gasteiger partial charge in [0.05, 0.1) is 14.2 Å². The molecule has 0 spiro atoms. The molecule has 3 heterocycles. The summed E-state index contributed by atoms with van der Waals surface area (Å²) in [6, 6.07) is 9.42. The number of aliphatic hydroxyl groups is 1. The van der Waals surface area contributed by atoms with Gasteiger partial charge in [0, 0.05) is 48.1 Å². The molecule has 0 radical (unpaired) electrons. The molecule has 0 aliphatic carbocycles. The summed E-state index contributed by atoms with van der Waals surface area (Å²) in [6.07, 6.45) is 7.67. The second-order valence-electron chi connectivity index (χ2n) is 8.44. The molecule has 0 bridgehead atoms. The van der Waals surface area contributed by atoms with Gasteiger partial charge < -0.3 is 14.6 Å². The Morgan fingerprint density at radius 3 is 2.19 bits per heavy atom. The van der Waals surface area contributed by atoms with Crippen LogP contribution in [0, 0.1) is 6.92 Å². The number of aliphatic hydroxyl groups excluding tert-OH is 1. The Morgan fingerprint density at radius 2 is 1.62 bits per heavy atom. The van der Waals surface area contributed by atoms with Gasteiger partial charge in [-0.1, -0.05) is 13.0 Å². The van der Waals surface area contributed by atoms with Crippen molar-refractivity contribution in [3.8, 4) is 28.6 Å². The zero-order chi connectivity index (χ0) is 26.8. The number of nitrogens with one attached hydrogen (secondary N) is 1. The zero-order valence-corrected chi connectivity index (χ0v) is 22.7. The number of methoxy groups -OCH3 is 2. The molecule has 2 N–H and O–H groups in total. The van der Waals surface area contributed by atoms with Gasteiger partial charge in [-0.05, 0) is 62.5 Å². The quantitative estimate of drug-likeness (QED) is 0.303. The van der Waals surface area contributed by atoms with E-state index in [1.54, 1.807) is 40.5 Å². The lowest BCUT2D eigenvalue weighted by Gasteiger charge is -2.18. The number of aromatic nitrogens is 6. The number of hydrogen-bond acceptors (Lipinski definition) is 10. The largest absolute Gasteiger partial charge is 0.494 e. The Morgan fingerprint density at radius 1 is 0.973 bits per heavy atom. The average Bonchev–Trinajstić information content (AvgIpc) is 3.32. The average molecular weight is 524 g/mol. The molecule has 4 rings (SSSR count). The number of ether oxygens (including phenoxy) is 2. The second-order valence-corrected chi connectivity index (χ2v) is 9.69. The Kier molecular flexibility index (Phi) is 10.2. The van der Waals surface area contributed by atoms with Gasteiger partial charge in [-0.2, -0.15) is 0 Å². The highest BCUT2D eigenvalue weighted by atomic mass is 32.2. The molecule has 0 saturated carbocycles. The molecule has 10 nitrogen and oxygen atoms in total. The fourth-order valence-electron chi connectivity index (χ4n) is 3.27. The van der Waals surface area contributed by atoms with Gasteiger partial charge in [-0.25, -0.2) is 9.97 Å². The van der Waals surface area contributed by atoms with Crippen LogP contribution in [0.4, 0.5) is 5.95 Å². The van der Waals surface area contributed by atoms with Crippen LogP contribution in [0.1, 0.15) is 32.2 Å². The highest BCUT2D eigenvalue weighted by Crippen LogP contribution is 2.38. The van der Waals surface area contributed by atoms with Crippen molar-refractivity contribution < 1.29 is 14.6 Å². The van der Waals surface area contributed by atoms with Gasteiger partial charge in [0.2, 0.25) is 5.95 Å². The van der Waals surface area contributed by atoms with Crippen LogP contribution in [0.5, 0.6) is 11.5 Å². The Hall–Kier alpha value is -3.70. The molecule has 1 unspecified atom stereocenters. The maximum atomic E-state index is 8.06. The second kappa shape index (κ2) is 13.6. The molecule has 1 atom stereocenters. The van der Waals surface area contributed by atoms with Crippen LogP contribution in [0.2, 0.25) is 0 Å². The minimum Gasteiger partial charge on any atom is -0.494 e. The van der Waals surface area contributed by atoms with Crippen molar-refractivity contribution in [2.45, 2.75) is 45.5 Å². The van der Waals surface area contributed by atoms with E-state index in [0.717, 1.165) is 17.0 Å². The topological polar surface area (TPSA) is 120 Å². The van der Waals surface area contributed by atoms with E-state index in [9.17, 15) is 0 Å². The minimum absolute atomic E-state index is 0.167. The third-order valence-corrected chi connectivity index (χ3v) is 5.73. The molecule has 3 aromatic heterocycles. The number of rotatable bonds is 9. The van der Waals surface area contributed by atoms with Crippen molar-refractivity contribution >= 4 is 17.9 Å². The van der Waals surface area contributed by atoms with Gasteiger partial charge in [-0.15, -0.1) is 10.2 Å². The number of aryl methyl sites for hydroxylation is 1. The Bertz CT molecular complexity index is 1230. The predicted molar refractivity (Wildman–Crippen MR) is 146 cm³/mol. The summed E-state index contributed by atoms with van der Waals surface area (Å²) in [4.78, 5) is 13.0. The molecule has 4 aromatic rings.